The predicted octanol–water partition coefficient (Wildman–Crippen LogP) is 1.89. The highest BCUT2D eigenvalue weighted by Crippen LogP contribution is 2.23. The molecule has 19 heavy (non-hydrogen) atoms. The molecule has 0 aliphatic carbocycles. The van der Waals surface area contributed by atoms with Crippen LogP contribution in [0.1, 0.15) is 13.8 Å². The molecular formula is C12H21N3O2S2. The summed E-state index contributed by atoms with van der Waals surface area (Å²) < 4.78 is 26.5. The molecule has 1 aromatic heterocycles. The van der Waals surface area contributed by atoms with Crippen molar-refractivity contribution in [2.45, 2.75) is 24.9 Å². The van der Waals surface area contributed by atoms with Crippen molar-refractivity contribution in [2.75, 3.05) is 30.9 Å². The molecule has 0 saturated heterocycles. The Hall–Kier alpha value is -0.790. The minimum atomic E-state index is -3.57. The minimum Gasteiger partial charge on any atom is -0.383 e. The Morgan fingerprint density at radius 3 is 2.79 bits per heavy atom. The molecule has 1 unspecified atom stereocenters. The Labute approximate surface area is 119 Å². The number of pyridine rings is 1. The maximum absolute atomic E-state index is 12.6. The molecule has 1 aromatic rings. The lowest BCUT2D eigenvalue weighted by atomic mass is 10.4. The number of nitrogens with one attached hydrogen (secondary N) is 1. The first-order chi connectivity index (χ1) is 8.95. The maximum Gasteiger partial charge on any atom is 0.262 e. The molecule has 5 nitrogen and oxygen atoms in total. The summed E-state index contributed by atoms with van der Waals surface area (Å²) in [4.78, 5) is 4.03. The zero-order chi connectivity index (χ0) is 14.5. The lowest BCUT2D eigenvalue weighted by molar-refractivity contribution is 0.413. The first kappa shape index (κ1) is 16.3. The van der Waals surface area contributed by atoms with Crippen molar-refractivity contribution in [3.05, 3.63) is 18.3 Å². The maximum atomic E-state index is 12.6. The Bertz CT molecular complexity index is 505. The van der Waals surface area contributed by atoms with Crippen LogP contribution in [-0.4, -0.2) is 49.3 Å². The average Bonchev–Trinajstić information content (AvgIpc) is 2.39. The summed E-state index contributed by atoms with van der Waals surface area (Å²) in [5, 5.41) is 3.12. The van der Waals surface area contributed by atoms with Gasteiger partial charge in [-0.15, -0.1) is 0 Å². The molecule has 0 aromatic carbocycles. The van der Waals surface area contributed by atoms with Crippen LogP contribution in [0.15, 0.2) is 23.4 Å². The predicted molar refractivity (Wildman–Crippen MR) is 81.2 cm³/mol. The molecule has 1 atom stereocenters. The fraction of sp³-hybridized carbons (Fsp3) is 0.583. The quantitative estimate of drug-likeness (QED) is 0.833. The smallest absolute Gasteiger partial charge is 0.262 e. The monoisotopic (exact) mass is 303 g/mol. The summed E-state index contributed by atoms with van der Waals surface area (Å²) in [6, 6.07) is 3.38. The highest BCUT2D eigenvalue weighted by Gasteiger charge is 2.28. The normalized spacial score (nSPS) is 13.5. The molecule has 0 aliphatic heterocycles. The second kappa shape index (κ2) is 7.12. The highest BCUT2D eigenvalue weighted by molar-refractivity contribution is 7.98. The lowest BCUT2D eigenvalue weighted by Gasteiger charge is -2.24. The Morgan fingerprint density at radius 2 is 2.21 bits per heavy atom. The van der Waals surface area contributed by atoms with Crippen molar-refractivity contribution in [1.29, 1.82) is 0 Å². The van der Waals surface area contributed by atoms with Crippen molar-refractivity contribution in [3.63, 3.8) is 0 Å². The number of aromatic nitrogens is 1. The largest absolute Gasteiger partial charge is 0.383 e. The van der Waals surface area contributed by atoms with Crippen LogP contribution < -0.4 is 5.32 Å². The third-order valence-electron chi connectivity index (χ3n) is 2.79. The van der Waals surface area contributed by atoms with E-state index in [1.54, 1.807) is 30.9 Å². The number of hydrogen-bond acceptors (Lipinski definition) is 5. The number of thioether (sulfide) groups is 1. The number of anilines is 1. The topological polar surface area (TPSA) is 62.3 Å². The van der Waals surface area contributed by atoms with E-state index in [0.717, 1.165) is 5.75 Å². The summed E-state index contributed by atoms with van der Waals surface area (Å²) in [7, 11) is -1.97. The van der Waals surface area contributed by atoms with E-state index in [0.29, 0.717) is 12.2 Å². The SMILES string of the molecule is CCNc1cccnc1S(=O)(=O)N(C)C(C)CSC. The van der Waals surface area contributed by atoms with E-state index in [1.807, 2.05) is 20.1 Å². The third kappa shape index (κ3) is 3.84. The molecule has 0 spiro atoms. The Balaban J connectivity index is 3.12. The van der Waals surface area contributed by atoms with Gasteiger partial charge < -0.3 is 5.32 Å². The number of hydrogen-bond donors (Lipinski definition) is 1. The zero-order valence-electron chi connectivity index (χ0n) is 11.8. The second-order valence-corrected chi connectivity index (χ2v) is 7.04. The van der Waals surface area contributed by atoms with Crippen LogP contribution in [0.5, 0.6) is 0 Å². The molecule has 0 amide bonds. The number of sulfonamides is 1. The van der Waals surface area contributed by atoms with Gasteiger partial charge in [-0.05, 0) is 32.2 Å². The molecule has 0 radical (unpaired) electrons. The van der Waals surface area contributed by atoms with Gasteiger partial charge >= 0.3 is 0 Å². The van der Waals surface area contributed by atoms with Crippen LogP contribution >= 0.6 is 11.8 Å². The Kier molecular flexibility index (Phi) is 6.09. The van der Waals surface area contributed by atoms with Gasteiger partial charge in [0.1, 0.15) is 0 Å². The highest BCUT2D eigenvalue weighted by atomic mass is 32.2. The van der Waals surface area contributed by atoms with Crippen LogP contribution in [0.4, 0.5) is 5.69 Å². The van der Waals surface area contributed by atoms with Crippen LogP contribution in [0.2, 0.25) is 0 Å². The Morgan fingerprint density at radius 1 is 1.53 bits per heavy atom. The average molecular weight is 303 g/mol. The number of nitrogens with zero attached hydrogens (tertiary/aromatic N) is 2. The van der Waals surface area contributed by atoms with Gasteiger partial charge in [0.2, 0.25) is 0 Å². The van der Waals surface area contributed by atoms with Gasteiger partial charge in [-0.2, -0.15) is 16.1 Å². The fourth-order valence-electron chi connectivity index (χ4n) is 1.64. The van der Waals surface area contributed by atoms with Gasteiger partial charge in [0, 0.05) is 31.6 Å². The van der Waals surface area contributed by atoms with Gasteiger partial charge in [0.05, 0.1) is 5.69 Å². The van der Waals surface area contributed by atoms with Crippen LogP contribution in [-0.2, 0) is 10.0 Å². The lowest BCUT2D eigenvalue weighted by Crippen LogP contribution is -2.37. The molecule has 1 N–H and O–H groups in total. The molecular weight excluding hydrogens is 282 g/mol. The summed E-state index contributed by atoms with van der Waals surface area (Å²) in [6.45, 7) is 4.46. The van der Waals surface area contributed by atoms with Crippen molar-refractivity contribution in [2.24, 2.45) is 0 Å². The first-order valence-electron chi connectivity index (χ1n) is 6.11. The van der Waals surface area contributed by atoms with Crippen molar-refractivity contribution >= 4 is 27.5 Å². The fourth-order valence-corrected chi connectivity index (χ4v) is 3.87. The van der Waals surface area contributed by atoms with Crippen LogP contribution in [0, 0.1) is 0 Å². The van der Waals surface area contributed by atoms with E-state index in [4.69, 9.17) is 0 Å². The summed E-state index contributed by atoms with van der Waals surface area (Å²) in [5.74, 6) is 0.749. The molecule has 1 heterocycles. The van der Waals surface area contributed by atoms with E-state index < -0.39 is 10.0 Å². The van der Waals surface area contributed by atoms with Crippen molar-refractivity contribution in [3.8, 4) is 0 Å². The zero-order valence-corrected chi connectivity index (χ0v) is 13.4. The van der Waals surface area contributed by atoms with E-state index in [9.17, 15) is 8.42 Å². The molecule has 1 rings (SSSR count). The summed E-state index contributed by atoms with van der Waals surface area (Å²) in [6.07, 6.45) is 3.46. The van der Waals surface area contributed by atoms with Crippen molar-refractivity contribution in [1.82, 2.24) is 9.29 Å². The van der Waals surface area contributed by atoms with E-state index in [2.05, 4.69) is 10.3 Å². The van der Waals surface area contributed by atoms with Gasteiger partial charge in [-0.3, -0.25) is 0 Å². The molecule has 0 bridgehead atoms. The van der Waals surface area contributed by atoms with Crippen molar-refractivity contribution < 1.29 is 8.42 Å². The molecule has 7 heteroatoms. The van der Waals surface area contributed by atoms with E-state index >= 15 is 0 Å². The molecule has 108 valence electrons. The van der Waals surface area contributed by atoms with Crippen LogP contribution in [0.3, 0.4) is 0 Å². The van der Waals surface area contributed by atoms with E-state index in [-0.39, 0.29) is 11.1 Å². The van der Waals surface area contributed by atoms with Gasteiger partial charge in [0.25, 0.3) is 10.0 Å². The first-order valence-corrected chi connectivity index (χ1v) is 8.94. The standard InChI is InChI=1S/C12H21N3O2S2/c1-5-13-11-7-6-8-14-12(11)19(16,17)15(3)10(2)9-18-4/h6-8,10,13H,5,9H2,1-4H3. The van der Waals surface area contributed by atoms with Gasteiger partial charge in [-0.25, -0.2) is 13.4 Å². The molecule has 0 fully saturated rings. The summed E-state index contributed by atoms with van der Waals surface area (Å²) >= 11 is 1.62. The third-order valence-corrected chi connectivity index (χ3v) is 5.54. The molecule has 0 saturated carbocycles. The molecule has 0 aliphatic rings. The minimum absolute atomic E-state index is 0.0727. The van der Waals surface area contributed by atoms with E-state index in [1.165, 1.54) is 10.5 Å². The number of rotatable bonds is 7. The van der Waals surface area contributed by atoms with Gasteiger partial charge in [-0.1, -0.05) is 0 Å². The second-order valence-electron chi connectivity index (χ2n) is 4.21. The van der Waals surface area contributed by atoms with Crippen LogP contribution in [0.25, 0.3) is 0 Å². The van der Waals surface area contributed by atoms with Gasteiger partial charge in [0.15, 0.2) is 5.03 Å². The summed E-state index contributed by atoms with van der Waals surface area (Å²) in [5.41, 5.74) is 0.549.